The Hall–Kier alpha value is -1.26. The number of rotatable bonds is 3. The summed E-state index contributed by atoms with van der Waals surface area (Å²) in [5, 5.41) is 9.86. The second-order valence-corrected chi connectivity index (χ2v) is 6.54. The molecule has 2 heterocycles. The van der Waals surface area contributed by atoms with Gasteiger partial charge in [0.05, 0.1) is 5.92 Å². The van der Waals surface area contributed by atoms with Crippen molar-refractivity contribution in [1.82, 2.24) is 4.90 Å². The number of piperidine rings is 1. The number of fused-ring (bicyclic) bond motifs is 1. The summed E-state index contributed by atoms with van der Waals surface area (Å²) in [6, 6.07) is 6.04. The number of hydrogen-bond donors (Lipinski definition) is 1. The van der Waals surface area contributed by atoms with Crippen LogP contribution in [0.3, 0.4) is 0 Å². The maximum absolute atomic E-state index is 11.1. The Morgan fingerprint density at radius 2 is 2.33 bits per heavy atom. The summed E-state index contributed by atoms with van der Waals surface area (Å²) in [7, 11) is 0. The van der Waals surface area contributed by atoms with E-state index in [2.05, 4.69) is 11.8 Å². The predicted octanol–water partition coefficient (Wildman–Crippen LogP) is 2.83. The first-order chi connectivity index (χ1) is 10.0. The number of carbonyl (C=O) groups is 1. The second kappa shape index (κ2) is 5.85. The maximum atomic E-state index is 11.1. The molecule has 0 aromatic heterocycles. The molecule has 0 radical (unpaired) electrons. The molecule has 1 saturated heterocycles. The summed E-state index contributed by atoms with van der Waals surface area (Å²) in [6.45, 7) is 3.78. The lowest BCUT2D eigenvalue weighted by Crippen LogP contribution is -2.46. The van der Waals surface area contributed by atoms with E-state index in [4.69, 9.17) is 21.4 Å². The fourth-order valence-corrected chi connectivity index (χ4v) is 3.56. The summed E-state index contributed by atoms with van der Waals surface area (Å²) in [4.78, 5) is 13.4. The van der Waals surface area contributed by atoms with E-state index in [0.29, 0.717) is 0 Å². The molecule has 0 spiro atoms. The topological polar surface area (TPSA) is 49.8 Å². The SMILES string of the molecule is CC1CC(C(=O)O)CCN1CC1Cc2cc(Cl)ccc2O1. The molecule has 1 aromatic rings. The van der Waals surface area contributed by atoms with Gasteiger partial charge in [-0.3, -0.25) is 9.69 Å². The largest absolute Gasteiger partial charge is 0.488 e. The standard InChI is InChI=1S/C16H20ClNO3/c1-10-6-11(16(19)20)4-5-18(10)9-14-8-12-7-13(17)2-3-15(12)21-14/h2-3,7,10-11,14H,4-6,8-9H2,1H3,(H,19,20). The van der Waals surface area contributed by atoms with Crippen LogP contribution >= 0.6 is 11.6 Å². The third-order valence-corrected chi connectivity index (χ3v) is 4.80. The summed E-state index contributed by atoms with van der Waals surface area (Å²) in [6.07, 6.45) is 2.47. The lowest BCUT2D eigenvalue weighted by molar-refractivity contribution is -0.144. The van der Waals surface area contributed by atoms with E-state index in [0.717, 1.165) is 43.1 Å². The molecular weight excluding hydrogens is 290 g/mol. The molecular formula is C16H20ClNO3. The van der Waals surface area contributed by atoms with E-state index in [1.54, 1.807) is 0 Å². The summed E-state index contributed by atoms with van der Waals surface area (Å²) < 4.78 is 5.97. The smallest absolute Gasteiger partial charge is 0.306 e. The number of carboxylic acids is 1. The number of nitrogens with zero attached hydrogens (tertiary/aromatic N) is 1. The summed E-state index contributed by atoms with van der Waals surface area (Å²) in [5.74, 6) is 0.0647. The maximum Gasteiger partial charge on any atom is 0.306 e. The highest BCUT2D eigenvalue weighted by Crippen LogP contribution is 2.32. The molecule has 3 unspecified atom stereocenters. The average molecular weight is 310 g/mol. The Kier molecular flexibility index (Phi) is 4.09. The minimum atomic E-state index is -0.666. The number of halogens is 1. The highest BCUT2D eigenvalue weighted by Gasteiger charge is 2.32. The number of ether oxygens (including phenoxy) is 1. The molecule has 4 nitrogen and oxygen atoms in total. The summed E-state index contributed by atoms with van der Waals surface area (Å²) >= 11 is 6.01. The third-order valence-electron chi connectivity index (χ3n) is 4.56. The van der Waals surface area contributed by atoms with Crippen molar-refractivity contribution >= 4 is 17.6 Å². The first-order valence-electron chi connectivity index (χ1n) is 7.45. The molecule has 0 saturated carbocycles. The molecule has 3 atom stereocenters. The van der Waals surface area contributed by atoms with Gasteiger partial charge in [0.2, 0.25) is 0 Å². The van der Waals surface area contributed by atoms with Crippen molar-refractivity contribution in [2.45, 2.75) is 38.3 Å². The highest BCUT2D eigenvalue weighted by molar-refractivity contribution is 6.30. The zero-order valence-electron chi connectivity index (χ0n) is 12.1. The normalized spacial score (nSPS) is 29.0. The molecule has 21 heavy (non-hydrogen) atoms. The van der Waals surface area contributed by atoms with Crippen LogP contribution < -0.4 is 4.74 Å². The Labute approximate surface area is 129 Å². The van der Waals surface area contributed by atoms with Gasteiger partial charge in [-0.15, -0.1) is 0 Å². The van der Waals surface area contributed by atoms with Crippen LogP contribution in [0.25, 0.3) is 0 Å². The van der Waals surface area contributed by atoms with Gasteiger partial charge in [0.15, 0.2) is 0 Å². The molecule has 3 rings (SSSR count). The van der Waals surface area contributed by atoms with Crippen molar-refractivity contribution in [3.05, 3.63) is 28.8 Å². The molecule has 2 aliphatic heterocycles. The number of hydrogen-bond acceptors (Lipinski definition) is 3. The molecule has 0 aliphatic carbocycles. The second-order valence-electron chi connectivity index (χ2n) is 6.10. The lowest BCUT2D eigenvalue weighted by Gasteiger charge is -2.37. The van der Waals surface area contributed by atoms with Gasteiger partial charge >= 0.3 is 5.97 Å². The fourth-order valence-electron chi connectivity index (χ4n) is 3.37. The van der Waals surface area contributed by atoms with Gasteiger partial charge in [-0.1, -0.05) is 11.6 Å². The highest BCUT2D eigenvalue weighted by atomic mass is 35.5. The van der Waals surface area contributed by atoms with Gasteiger partial charge in [-0.2, -0.15) is 0 Å². The Morgan fingerprint density at radius 1 is 1.52 bits per heavy atom. The van der Waals surface area contributed by atoms with Crippen molar-refractivity contribution in [2.75, 3.05) is 13.1 Å². The Morgan fingerprint density at radius 3 is 3.05 bits per heavy atom. The summed E-state index contributed by atoms with van der Waals surface area (Å²) in [5.41, 5.74) is 1.17. The van der Waals surface area contributed by atoms with Crippen LogP contribution in [0.15, 0.2) is 18.2 Å². The monoisotopic (exact) mass is 309 g/mol. The predicted molar refractivity (Wildman–Crippen MR) is 81.0 cm³/mol. The van der Waals surface area contributed by atoms with Crippen LogP contribution in [0.5, 0.6) is 5.75 Å². The molecule has 0 bridgehead atoms. The molecule has 2 aliphatic rings. The quantitative estimate of drug-likeness (QED) is 0.933. The van der Waals surface area contributed by atoms with E-state index in [-0.39, 0.29) is 18.1 Å². The van der Waals surface area contributed by atoms with E-state index in [9.17, 15) is 4.79 Å². The number of likely N-dealkylation sites (tertiary alicyclic amines) is 1. The molecule has 5 heteroatoms. The minimum Gasteiger partial charge on any atom is -0.488 e. The van der Waals surface area contributed by atoms with E-state index < -0.39 is 5.97 Å². The van der Waals surface area contributed by atoms with Crippen LogP contribution in [-0.4, -0.2) is 41.2 Å². The zero-order valence-corrected chi connectivity index (χ0v) is 12.8. The van der Waals surface area contributed by atoms with Crippen molar-refractivity contribution in [3.63, 3.8) is 0 Å². The third kappa shape index (κ3) is 3.16. The van der Waals surface area contributed by atoms with Crippen LogP contribution in [0.4, 0.5) is 0 Å². The van der Waals surface area contributed by atoms with Gasteiger partial charge in [-0.05, 0) is 50.1 Å². The van der Waals surface area contributed by atoms with E-state index in [1.807, 2.05) is 18.2 Å². The molecule has 1 fully saturated rings. The van der Waals surface area contributed by atoms with Gasteiger partial charge in [0.1, 0.15) is 11.9 Å². The first-order valence-corrected chi connectivity index (χ1v) is 7.82. The van der Waals surface area contributed by atoms with Crippen LogP contribution in [0.2, 0.25) is 5.02 Å². The first kappa shape index (κ1) is 14.7. The number of carboxylic acid groups (broad SMARTS) is 1. The van der Waals surface area contributed by atoms with Crippen molar-refractivity contribution in [1.29, 1.82) is 0 Å². The van der Waals surface area contributed by atoms with Crippen molar-refractivity contribution in [2.24, 2.45) is 5.92 Å². The van der Waals surface area contributed by atoms with Crippen molar-refractivity contribution in [3.8, 4) is 5.75 Å². The fraction of sp³-hybridized carbons (Fsp3) is 0.562. The van der Waals surface area contributed by atoms with Crippen LogP contribution in [0, 0.1) is 5.92 Å². The molecule has 114 valence electrons. The van der Waals surface area contributed by atoms with Crippen LogP contribution in [-0.2, 0) is 11.2 Å². The number of aliphatic carboxylic acids is 1. The van der Waals surface area contributed by atoms with Crippen molar-refractivity contribution < 1.29 is 14.6 Å². The zero-order chi connectivity index (χ0) is 15.0. The molecule has 0 amide bonds. The minimum absolute atomic E-state index is 0.141. The van der Waals surface area contributed by atoms with E-state index in [1.165, 1.54) is 5.56 Å². The molecule has 1 N–H and O–H groups in total. The Bertz CT molecular complexity index is 548. The van der Waals surface area contributed by atoms with Gasteiger partial charge in [0.25, 0.3) is 0 Å². The Balaban J connectivity index is 1.58. The van der Waals surface area contributed by atoms with Gasteiger partial charge in [-0.25, -0.2) is 0 Å². The van der Waals surface area contributed by atoms with Crippen LogP contribution in [0.1, 0.15) is 25.3 Å². The van der Waals surface area contributed by atoms with E-state index >= 15 is 0 Å². The van der Waals surface area contributed by atoms with Gasteiger partial charge in [0, 0.05) is 24.0 Å². The molecule has 1 aromatic carbocycles. The number of benzene rings is 1. The lowest BCUT2D eigenvalue weighted by atomic mass is 9.91. The van der Waals surface area contributed by atoms with Gasteiger partial charge < -0.3 is 9.84 Å². The average Bonchev–Trinajstić information content (AvgIpc) is 2.82.